The van der Waals surface area contributed by atoms with Crippen molar-refractivity contribution in [2.24, 2.45) is 5.41 Å². The van der Waals surface area contributed by atoms with E-state index >= 15 is 0 Å². The van der Waals surface area contributed by atoms with Gasteiger partial charge in [0.2, 0.25) is 10.0 Å². The van der Waals surface area contributed by atoms with Gasteiger partial charge < -0.3 is 0 Å². The van der Waals surface area contributed by atoms with Crippen LogP contribution >= 0.6 is 15.9 Å². The minimum atomic E-state index is -3.66. The molecule has 6 heteroatoms. The second-order valence-corrected chi connectivity index (χ2v) is 8.72. The molecule has 1 aromatic rings. The van der Waals surface area contributed by atoms with Crippen molar-refractivity contribution in [2.75, 3.05) is 0 Å². The molecule has 0 bridgehead atoms. The summed E-state index contributed by atoms with van der Waals surface area (Å²) in [6, 6.07) is 3.79. The third-order valence-corrected chi connectivity index (χ3v) is 5.89. The maximum atomic E-state index is 13.5. The lowest BCUT2D eigenvalue weighted by atomic mass is 9.75. The van der Waals surface area contributed by atoms with Crippen molar-refractivity contribution in [3.05, 3.63) is 28.5 Å². The van der Waals surface area contributed by atoms with Crippen LogP contribution in [0, 0.1) is 11.2 Å². The molecular weight excluding hydrogens is 345 g/mol. The monoisotopic (exact) mass is 363 g/mol. The molecule has 0 aromatic heterocycles. The summed E-state index contributed by atoms with van der Waals surface area (Å²) >= 11 is 3.02. The fraction of sp³-hybridized carbons (Fsp3) is 0.571. The molecule has 1 atom stereocenters. The predicted octanol–water partition coefficient (Wildman–Crippen LogP) is 3.84. The quantitative estimate of drug-likeness (QED) is 0.886. The summed E-state index contributed by atoms with van der Waals surface area (Å²) in [4.78, 5) is -0.0263. The van der Waals surface area contributed by atoms with Crippen LogP contribution in [0.5, 0.6) is 0 Å². The number of benzene rings is 1. The smallest absolute Gasteiger partial charge is 0.208 e. The minimum absolute atomic E-state index is 0.0263. The number of hydrogen-bond donors (Lipinski definition) is 1. The van der Waals surface area contributed by atoms with Crippen LogP contribution in [0.2, 0.25) is 0 Å². The van der Waals surface area contributed by atoms with E-state index in [1.165, 1.54) is 12.1 Å². The Kier molecular flexibility index (Phi) is 4.56. The van der Waals surface area contributed by atoms with Gasteiger partial charge in [0.1, 0.15) is 5.82 Å². The molecule has 1 aromatic carbocycles. The van der Waals surface area contributed by atoms with Gasteiger partial charge in [-0.25, -0.2) is 17.5 Å². The molecule has 1 aliphatic rings. The largest absolute Gasteiger partial charge is 0.240 e. The van der Waals surface area contributed by atoms with E-state index in [1.807, 2.05) is 0 Å². The van der Waals surface area contributed by atoms with Crippen LogP contribution < -0.4 is 4.72 Å². The summed E-state index contributed by atoms with van der Waals surface area (Å²) in [5.41, 5.74) is 0.149. The van der Waals surface area contributed by atoms with E-state index in [-0.39, 0.29) is 20.8 Å². The molecule has 0 spiro atoms. The van der Waals surface area contributed by atoms with E-state index < -0.39 is 15.8 Å². The predicted molar refractivity (Wildman–Crippen MR) is 80.5 cm³/mol. The number of halogens is 2. The zero-order chi connectivity index (χ0) is 15.0. The molecule has 1 aliphatic carbocycles. The topological polar surface area (TPSA) is 46.2 Å². The lowest BCUT2D eigenvalue weighted by Gasteiger charge is -2.35. The molecule has 2 rings (SSSR count). The van der Waals surface area contributed by atoms with Crippen molar-refractivity contribution in [1.82, 2.24) is 4.72 Å². The highest BCUT2D eigenvalue weighted by atomic mass is 79.9. The second kappa shape index (κ2) is 5.73. The van der Waals surface area contributed by atoms with E-state index in [4.69, 9.17) is 0 Å². The SMILES string of the molecule is CC1(C)CCCC(NS(=O)(=O)c2ccc(Br)c(F)c2)C1. The van der Waals surface area contributed by atoms with Crippen LogP contribution in [0.1, 0.15) is 39.5 Å². The highest BCUT2D eigenvalue weighted by Gasteiger charge is 2.30. The van der Waals surface area contributed by atoms with E-state index in [0.717, 1.165) is 31.7 Å². The van der Waals surface area contributed by atoms with Crippen LogP contribution in [0.4, 0.5) is 4.39 Å². The van der Waals surface area contributed by atoms with Gasteiger partial charge in [-0.05, 0) is 58.8 Å². The Hall–Kier alpha value is -0.460. The Balaban J connectivity index is 2.16. The van der Waals surface area contributed by atoms with Gasteiger partial charge in [0.05, 0.1) is 9.37 Å². The molecule has 1 fully saturated rings. The molecule has 1 unspecified atom stereocenters. The molecule has 0 amide bonds. The van der Waals surface area contributed by atoms with Crippen LogP contribution in [-0.2, 0) is 10.0 Å². The highest BCUT2D eigenvalue weighted by molar-refractivity contribution is 9.10. The Morgan fingerprint density at radius 1 is 1.40 bits per heavy atom. The molecule has 0 radical (unpaired) electrons. The Morgan fingerprint density at radius 2 is 2.10 bits per heavy atom. The molecule has 0 heterocycles. The summed E-state index contributed by atoms with van der Waals surface area (Å²) in [7, 11) is -3.66. The van der Waals surface area contributed by atoms with Gasteiger partial charge in [-0.2, -0.15) is 0 Å². The van der Waals surface area contributed by atoms with E-state index in [1.54, 1.807) is 0 Å². The first-order valence-corrected chi connectivity index (χ1v) is 8.95. The van der Waals surface area contributed by atoms with E-state index in [9.17, 15) is 12.8 Å². The van der Waals surface area contributed by atoms with Crippen molar-refractivity contribution in [1.29, 1.82) is 0 Å². The molecule has 112 valence electrons. The summed E-state index contributed by atoms with van der Waals surface area (Å²) in [5.74, 6) is -0.572. The summed E-state index contributed by atoms with van der Waals surface area (Å²) in [6.45, 7) is 4.29. The molecule has 20 heavy (non-hydrogen) atoms. The van der Waals surface area contributed by atoms with Gasteiger partial charge in [0.25, 0.3) is 0 Å². The molecule has 0 aliphatic heterocycles. The van der Waals surface area contributed by atoms with Gasteiger partial charge >= 0.3 is 0 Å². The number of hydrogen-bond acceptors (Lipinski definition) is 2. The number of nitrogens with one attached hydrogen (secondary N) is 1. The van der Waals surface area contributed by atoms with Crippen LogP contribution in [-0.4, -0.2) is 14.5 Å². The lowest BCUT2D eigenvalue weighted by molar-refractivity contribution is 0.212. The van der Waals surface area contributed by atoms with E-state index in [2.05, 4.69) is 34.5 Å². The summed E-state index contributed by atoms with van der Waals surface area (Å²) in [5, 5.41) is 0. The van der Waals surface area contributed by atoms with Crippen molar-refractivity contribution < 1.29 is 12.8 Å². The summed E-state index contributed by atoms with van der Waals surface area (Å²) < 4.78 is 41.0. The first-order chi connectivity index (χ1) is 9.20. The van der Waals surface area contributed by atoms with E-state index in [0.29, 0.717) is 0 Å². The Labute approximate surface area is 128 Å². The zero-order valence-electron chi connectivity index (χ0n) is 11.6. The van der Waals surface area contributed by atoms with Gasteiger partial charge in [0, 0.05) is 6.04 Å². The number of rotatable bonds is 3. The van der Waals surface area contributed by atoms with Crippen molar-refractivity contribution >= 4 is 26.0 Å². The fourth-order valence-electron chi connectivity index (χ4n) is 2.73. The van der Waals surface area contributed by atoms with Gasteiger partial charge in [0.15, 0.2) is 0 Å². The molecular formula is C14H19BrFNO2S. The minimum Gasteiger partial charge on any atom is -0.208 e. The molecule has 1 N–H and O–H groups in total. The van der Waals surface area contributed by atoms with Gasteiger partial charge in [-0.1, -0.05) is 20.3 Å². The van der Waals surface area contributed by atoms with Crippen molar-refractivity contribution in [3.8, 4) is 0 Å². The normalized spacial score (nSPS) is 22.7. The van der Waals surface area contributed by atoms with Crippen molar-refractivity contribution in [3.63, 3.8) is 0 Å². The standard InChI is InChI=1S/C14H19BrFNO2S/c1-14(2)7-3-4-10(9-14)17-20(18,19)11-5-6-12(15)13(16)8-11/h5-6,8,10,17H,3-4,7,9H2,1-2H3. The zero-order valence-corrected chi connectivity index (χ0v) is 14.0. The molecule has 0 saturated heterocycles. The van der Waals surface area contributed by atoms with Crippen LogP contribution in [0.25, 0.3) is 0 Å². The average Bonchev–Trinajstić information content (AvgIpc) is 2.30. The van der Waals surface area contributed by atoms with Crippen LogP contribution in [0.3, 0.4) is 0 Å². The van der Waals surface area contributed by atoms with Gasteiger partial charge in [-0.3, -0.25) is 0 Å². The Bertz CT molecular complexity index is 601. The third-order valence-electron chi connectivity index (χ3n) is 3.73. The first-order valence-electron chi connectivity index (χ1n) is 6.67. The maximum absolute atomic E-state index is 13.5. The third kappa shape index (κ3) is 3.80. The number of sulfonamides is 1. The average molecular weight is 364 g/mol. The Morgan fingerprint density at radius 3 is 2.70 bits per heavy atom. The lowest BCUT2D eigenvalue weighted by Crippen LogP contribution is -2.40. The second-order valence-electron chi connectivity index (χ2n) is 6.15. The fourth-order valence-corrected chi connectivity index (χ4v) is 4.26. The van der Waals surface area contributed by atoms with Gasteiger partial charge in [-0.15, -0.1) is 0 Å². The first kappa shape index (κ1) is 15.9. The van der Waals surface area contributed by atoms with Crippen molar-refractivity contribution in [2.45, 2.75) is 50.5 Å². The highest BCUT2D eigenvalue weighted by Crippen LogP contribution is 2.35. The summed E-state index contributed by atoms with van der Waals surface area (Å²) in [6.07, 6.45) is 3.76. The molecule has 1 saturated carbocycles. The molecule has 3 nitrogen and oxygen atoms in total. The van der Waals surface area contributed by atoms with Crippen LogP contribution in [0.15, 0.2) is 27.6 Å². The maximum Gasteiger partial charge on any atom is 0.240 e.